The van der Waals surface area contributed by atoms with Crippen LogP contribution >= 0.6 is 11.8 Å². The molecule has 3 aromatic rings. The van der Waals surface area contributed by atoms with Crippen molar-refractivity contribution in [3.05, 3.63) is 65.1 Å². The zero-order valence-corrected chi connectivity index (χ0v) is 18.0. The van der Waals surface area contributed by atoms with Crippen LogP contribution in [0.5, 0.6) is 5.75 Å². The molecule has 6 nitrogen and oxygen atoms in total. The Labute approximate surface area is 187 Å². The number of ether oxygens (including phenoxy) is 1. The number of carbonyl (C=O) groups is 2. The van der Waals surface area contributed by atoms with Gasteiger partial charge in [0.05, 0.1) is 0 Å². The molecule has 0 amide bonds. The van der Waals surface area contributed by atoms with E-state index in [2.05, 4.69) is 9.98 Å². The van der Waals surface area contributed by atoms with Crippen LogP contribution in [0, 0.1) is 5.82 Å². The highest BCUT2D eigenvalue weighted by atomic mass is 32.2. The van der Waals surface area contributed by atoms with Crippen molar-refractivity contribution >= 4 is 39.5 Å². The molecule has 1 aliphatic heterocycles. The Morgan fingerprint density at radius 2 is 2.12 bits per heavy atom. The van der Waals surface area contributed by atoms with Gasteiger partial charge >= 0.3 is 5.97 Å². The number of aromatic amines is 1. The summed E-state index contributed by atoms with van der Waals surface area (Å²) in [6.45, 7) is 0.155. The third kappa shape index (κ3) is 3.79. The molecule has 0 saturated carbocycles. The fraction of sp³-hybridized carbons (Fsp3) is 0.292. The Hall–Kier alpha value is -3.13. The van der Waals surface area contributed by atoms with Crippen LogP contribution in [-0.2, 0) is 17.6 Å². The number of carboxylic acids is 1. The van der Waals surface area contributed by atoms with Crippen LogP contribution in [0.25, 0.3) is 10.9 Å². The van der Waals surface area contributed by atoms with E-state index in [1.165, 1.54) is 23.9 Å². The predicted octanol–water partition coefficient (Wildman–Crippen LogP) is 4.42. The van der Waals surface area contributed by atoms with Crippen LogP contribution < -0.4 is 4.74 Å². The highest BCUT2D eigenvalue weighted by Crippen LogP contribution is 2.34. The van der Waals surface area contributed by atoms with Gasteiger partial charge in [-0.05, 0) is 48.6 Å². The number of benzene rings is 2. The van der Waals surface area contributed by atoms with Crippen molar-refractivity contribution in [2.24, 2.45) is 4.99 Å². The lowest BCUT2D eigenvalue weighted by Crippen LogP contribution is -2.39. The molecule has 1 aliphatic carbocycles. The average Bonchev–Trinajstić information content (AvgIpc) is 3.36. The second-order valence-electron chi connectivity index (χ2n) is 8.18. The molecule has 1 aromatic heterocycles. The summed E-state index contributed by atoms with van der Waals surface area (Å²) in [5.41, 5.74) is 1.64. The number of aliphatic carboxylic acids is 1. The van der Waals surface area contributed by atoms with E-state index in [4.69, 9.17) is 4.74 Å². The summed E-state index contributed by atoms with van der Waals surface area (Å²) >= 11 is 1.37. The summed E-state index contributed by atoms with van der Waals surface area (Å²) in [4.78, 5) is 32.0. The van der Waals surface area contributed by atoms with Crippen molar-refractivity contribution in [3.8, 4) is 5.75 Å². The fourth-order valence-corrected chi connectivity index (χ4v) is 5.42. The van der Waals surface area contributed by atoms with E-state index in [-0.39, 0.29) is 30.4 Å². The maximum atomic E-state index is 13.5. The first-order valence-corrected chi connectivity index (χ1v) is 11.4. The number of thioether (sulfide) groups is 1. The zero-order valence-electron chi connectivity index (χ0n) is 17.2. The molecule has 0 radical (unpaired) electrons. The van der Waals surface area contributed by atoms with Gasteiger partial charge in [-0.2, -0.15) is 0 Å². The van der Waals surface area contributed by atoms with E-state index >= 15 is 0 Å². The largest absolute Gasteiger partial charge is 0.486 e. The number of Topliss-reactive ketones (excluding diaryl/α,β-unsaturated/α-hetero) is 1. The van der Waals surface area contributed by atoms with E-state index in [0.29, 0.717) is 34.0 Å². The van der Waals surface area contributed by atoms with Gasteiger partial charge in [0, 0.05) is 40.9 Å². The number of H-pyrrole nitrogens is 1. The summed E-state index contributed by atoms with van der Waals surface area (Å²) in [6.07, 6.45) is 2.32. The monoisotopic (exact) mass is 452 g/mol. The van der Waals surface area contributed by atoms with Gasteiger partial charge < -0.3 is 14.8 Å². The summed E-state index contributed by atoms with van der Waals surface area (Å²) < 4.78 is 19.5. The smallest absolute Gasteiger partial charge is 0.332 e. The van der Waals surface area contributed by atoms with Gasteiger partial charge in [-0.3, -0.25) is 9.79 Å². The van der Waals surface area contributed by atoms with Crippen molar-refractivity contribution in [3.63, 3.8) is 0 Å². The molecule has 5 rings (SSSR count). The number of carboxylic acid groups (broad SMARTS) is 1. The van der Waals surface area contributed by atoms with Crippen LogP contribution in [0.2, 0.25) is 0 Å². The normalized spacial score (nSPS) is 20.3. The number of ketones is 1. The minimum Gasteiger partial charge on any atom is -0.486 e. The molecule has 2 heterocycles. The number of hydrogen-bond acceptors (Lipinski definition) is 5. The number of hydrogen-bond donors (Lipinski definition) is 2. The van der Waals surface area contributed by atoms with Gasteiger partial charge in [0.15, 0.2) is 11.3 Å². The van der Waals surface area contributed by atoms with E-state index in [9.17, 15) is 19.1 Å². The number of nitrogens with zero attached hydrogens (tertiary/aromatic N) is 1. The van der Waals surface area contributed by atoms with Crippen LogP contribution in [-0.4, -0.2) is 44.8 Å². The van der Waals surface area contributed by atoms with Gasteiger partial charge in [-0.15, -0.1) is 11.8 Å². The minimum atomic E-state index is -1.31. The molecule has 32 heavy (non-hydrogen) atoms. The summed E-state index contributed by atoms with van der Waals surface area (Å²) in [5.74, 6) is -0.280. The highest BCUT2D eigenvalue weighted by Gasteiger charge is 2.43. The summed E-state index contributed by atoms with van der Waals surface area (Å²) in [6, 6.07) is 11.7. The lowest BCUT2D eigenvalue weighted by atomic mass is 9.90. The Morgan fingerprint density at radius 1 is 1.25 bits per heavy atom. The molecule has 0 bridgehead atoms. The van der Waals surface area contributed by atoms with Crippen molar-refractivity contribution in [1.29, 1.82) is 0 Å². The molecule has 2 N–H and O–H groups in total. The van der Waals surface area contributed by atoms with E-state index in [0.717, 1.165) is 23.8 Å². The van der Waals surface area contributed by atoms with Gasteiger partial charge in [-0.1, -0.05) is 12.1 Å². The first kappa shape index (κ1) is 20.8. The first-order valence-electron chi connectivity index (χ1n) is 10.4. The van der Waals surface area contributed by atoms with Gasteiger partial charge in [0.25, 0.3) is 0 Å². The van der Waals surface area contributed by atoms with Crippen LogP contribution in [0.15, 0.2) is 47.5 Å². The minimum absolute atomic E-state index is 0.132. The van der Waals surface area contributed by atoms with Gasteiger partial charge in [0.1, 0.15) is 23.2 Å². The average molecular weight is 453 g/mol. The molecule has 164 valence electrons. The predicted molar refractivity (Wildman–Crippen MR) is 121 cm³/mol. The number of nitrogens with one attached hydrogen (secondary N) is 1. The summed E-state index contributed by atoms with van der Waals surface area (Å²) in [7, 11) is 0. The number of aromatic nitrogens is 1. The van der Waals surface area contributed by atoms with Crippen molar-refractivity contribution in [2.45, 2.75) is 31.2 Å². The lowest BCUT2D eigenvalue weighted by Gasteiger charge is -2.19. The number of halogens is 1. The molecule has 0 fully saturated rings. The topological polar surface area (TPSA) is 91.8 Å². The van der Waals surface area contributed by atoms with E-state index < -0.39 is 11.5 Å². The second kappa shape index (κ2) is 8.09. The maximum absolute atomic E-state index is 13.5. The Kier molecular flexibility index (Phi) is 5.25. The molecule has 2 aromatic carbocycles. The SMILES string of the molecule is O=C1CCCc2c(OCC3=NC(Cc4cc5ccc(F)cc5[nH]4)(C(=O)O)CS3)cccc21. The van der Waals surface area contributed by atoms with Crippen molar-refractivity contribution in [1.82, 2.24) is 4.98 Å². The van der Waals surface area contributed by atoms with E-state index in [1.807, 2.05) is 18.2 Å². The molecular formula is C24H21FN2O4S. The number of fused-ring (bicyclic) bond motifs is 2. The first-order chi connectivity index (χ1) is 15.4. The Balaban J connectivity index is 1.35. The molecule has 1 unspecified atom stereocenters. The molecule has 1 atom stereocenters. The van der Waals surface area contributed by atoms with Crippen LogP contribution in [0.3, 0.4) is 0 Å². The second-order valence-corrected chi connectivity index (χ2v) is 9.23. The van der Waals surface area contributed by atoms with Crippen LogP contribution in [0.4, 0.5) is 4.39 Å². The molecular weight excluding hydrogens is 431 g/mol. The number of aliphatic imine (C=N–C) groups is 1. The molecule has 2 aliphatic rings. The quantitative estimate of drug-likeness (QED) is 0.578. The molecule has 0 saturated heterocycles. The lowest BCUT2D eigenvalue weighted by molar-refractivity contribution is -0.142. The number of carbonyl (C=O) groups excluding carboxylic acids is 1. The standard InChI is InChI=1S/C24H21FN2O4S/c25-15-8-7-14-9-16(26-19(14)10-15)11-24(23(29)30)13-32-22(27-24)12-31-21-6-2-3-17-18(21)4-1-5-20(17)28/h2-3,6-10,26H,1,4-5,11-13H2,(H,29,30). The Morgan fingerprint density at radius 3 is 2.97 bits per heavy atom. The van der Waals surface area contributed by atoms with Crippen molar-refractivity contribution < 1.29 is 23.8 Å². The Bertz CT molecular complexity index is 1270. The maximum Gasteiger partial charge on any atom is 0.332 e. The third-order valence-corrected chi connectivity index (χ3v) is 7.12. The molecule has 8 heteroatoms. The van der Waals surface area contributed by atoms with E-state index in [1.54, 1.807) is 12.1 Å². The van der Waals surface area contributed by atoms with Gasteiger partial charge in [0.2, 0.25) is 0 Å². The van der Waals surface area contributed by atoms with Crippen LogP contribution in [0.1, 0.15) is 34.5 Å². The molecule has 0 spiro atoms. The van der Waals surface area contributed by atoms with Gasteiger partial charge in [-0.25, -0.2) is 9.18 Å². The number of rotatable bonds is 6. The van der Waals surface area contributed by atoms with Crippen molar-refractivity contribution in [2.75, 3.05) is 12.4 Å². The summed E-state index contributed by atoms with van der Waals surface area (Å²) in [5, 5.41) is 11.4. The highest BCUT2D eigenvalue weighted by molar-refractivity contribution is 8.14. The fourth-order valence-electron chi connectivity index (χ4n) is 4.35. The third-order valence-electron chi connectivity index (χ3n) is 5.95. The zero-order chi connectivity index (χ0) is 22.3.